The Morgan fingerprint density at radius 1 is 1.21 bits per heavy atom. The van der Waals surface area contributed by atoms with Gasteiger partial charge in [0.05, 0.1) is 0 Å². The van der Waals surface area contributed by atoms with E-state index in [4.69, 9.17) is 0 Å². The third kappa shape index (κ3) is 2.18. The van der Waals surface area contributed by atoms with Gasteiger partial charge in [-0.1, -0.05) is 0 Å². The van der Waals surface area contributed by atoms with Gasteiger partial charge in [0.1, 0.15) is 5.69 Å². The molecule has 2 aromatic heterocycles. The van der Waals surface area contributed by atoms with Crippen LogP contribution in [-0.4, -0.2) is 33.4 Å². The molecule has 1 aliphatic heterocycles. The average Bonchev–Trinajstić information content (AvgIpc) is 3.10. The summed E-state index contributed by atoms with van der Waals surface area (Å²) in [6, 6.07) is 4.14. The highest BCUT2D eigenvalue weighted by atomic mass is 32.1. The van der Waals surface area contributed by atoms with Gasteiger partial charge >= 0.3 is 0 Å². The van der Waals surface area contributed by atoms with Crippen LogP contribution >= 0.6 is 11.3 Å². The van der Waals surface area contributed by atoms with Gasteiger partial charge in [-0.25, -0.2) is 4.98 Å². The normalized spacial score (nSPS) is 15.2. The fourth-order valence-electron chi connectivity index (χ4n) is 2.52. The van der Waals surface area contributed by atoms with E-state index in [0.717, 1.165) is 42.5 Å². The number of hydrogen-bond donors (Lipinski definition) is 0. The molecule has 0 aromatic carbocycles. The van der Waals surface area contributed by atoms with Crippen LogP contribution in [0.4, 0.5) is 0 Å². The zero-order valence-electron chi connectivity index (χ0n) is 11.2. The van der Waals surface area contributed by atoms with Crippen LogP contribution in [0.15, 0.2) is 17.5 Å². The molecule has 1 saturated heterocycles. The van der Waals surface area contributed by atoms with Gasteiger partial charge in [0.25, 0.3) is 5.91 Å². The Hall–Kier alpha value is -1.62. The molecule has 0 aliphatic carbocycles. The van der Waals surface area contributed by atoms with E-state index in [2.05, 4.69) is 35.5 Å². The summed E-state index contributed by atoms with van der Waals surface area (Å²) in [6.45, 7) is 5.84. The van der Waals surface area contributed by atoms with Crippen LogP contribution in [-0.2, 0) is 0 Å². The number of hydrogen-bond acceptors (Lipinski definition) is 3. The Morgan fingerprint density at radius 2 is 1.84 bits per heavy atom. The van der Waals surface area contributed by atoms with E-state index in [1.54, 1.807) is 0 Å². The van der Waals surface area contributed by atoms with Crippen molar-refractivity contribution in [3.05, 3.63) is 34.6 Å². The van der Waals surface area contributed by atoms with Crippen molar-refractivity contribution in [1.82, 2.24) is 14.5 Å². The molecule has 5 heteroatoms. The van der Waals surface area contributed by atoms with Crippen LogP contribution in [0.5, 0.6) is 0 Å². The van der Waals surface area contributed by atoms with Crippen molar-refractivity contribution < 1.29 is 4.79 Å². The summed E-state index contributed by atoms with van der Waals surface area (Å²) >= 11 is 1.53. The van der Waals surface area contributed by atoms with Crippen molar-refractivity contribution in [2.45, 2.75) is 26.7 Å². The predicted octanol–water partition coefficient (Wildman–Crippen LogP) is 2.79. The molecule has 0 unspecified atom stereocenters. The predicted molar refractivity (Wildman–Crippen MR) is 76.1 cm³/mol. The third-order valence-corrected chi connectivity index (χ3v) is 4.39. The first-order valence-electron chi connectivity index (χ1n) is 6.57. The number of nitrogens with zero attached hydrogens (tertiary/aromatic N) is 3. The molecular weight excluding hydrogens is 258 g/mol. The maximum absolute atomic E-state index is 12.3. The molecule has 19 heavy (non-hydrogen) atoms. The highest BCUT2D eigenvalue weighted by molar-refractivity contribution is 7.12. The van der Waals surface area contributed by atoms with Crippen LogP contribution in [0.1, 0.15) is 34.7 Å². The van der Waals surface area contributed by atoms with Gasteiger partial charge in [0.15, 0.2) is 5.13 Å². The maximum atomic E-state index is 12.3. The Morgan fingerprint density at radius 3 is 2.47 bits per heavy atom. The second kappa shape index (κ2) is 4.81. The van der Waals surface area contributed by atoms with Crippen LogP contribution in [0.25, 0.3) is 5.13 Å². The van der Waals surface area contributed by atoms with Gasteiger partial charge in [0, 0.05) is 29.9 Å². The number of amides is 1. The summed E-state index contributed by atoms with van der Waals surface area (Å²) in [4.78, 5) is 18.7. The van der Waals surface area contributed by atoms with Gasteiger partial charge in [-0.3, -0.25) is 9.36 Å². The van der Waals surface area contributed by atoms with Crippen LogP contribution in [0.2, 0.25) is 0 Å². The van der Waals surface area contributed by atoms with E-state index in [1.807, 2.05) is 10.3 Å². The van der Waals surface area contributed by atoms with E-state index >= 15 is 0 Å². The molecular formula is C14H17N3OS. The summed E-state index contributed by atoms with van der Waals surface area (Å²) in [6.07, 6.45) is 2.22. The molecule has 3 heterocycles. The summed E-state index contributed by atoms with van der Waals surface area (Å²) in [5, 5.41) is 2.75. The average molecular weight is 275 g/mol. The zero-order valence-corrected chi connectivity index (χ0v) is 12.0. The zero-order chi connectivity index (χ0) is 13.4. The van der Waals surface area contributed by atoms with E-state index in [1.165, 1.54) is 11.3 Å². The summed E-state index contributed by atoms with van der Waals surface area (Å²) in [5.74, 6) is 0.0717. The Bertz CT molecular complexity index is 588. The molecule has 2 aromatic rings. The number of carbonyl (C=O) groups excluding carboxylic acids is 1. The molecule has 1 amide bonds. The minimum absolute atomic E-state index is 0.0717. The van der Waals surface area contributed by atoms with E-state index in [0.29, 0.717) is 5.69 Å². The molecule has 0 saturated carbocycles. The van der Waals surface area contributed by atoms with Gasteiger partial charge in [-0.15, -0.1) is 11.3 Å². The number of thiazole rings is 1. The number of likely N-dealkylation sites (tertiary alicyclic amines) is 1. The molecule has 3 rings (SSSR count). The van der Waals surface area contributed by atoms with Crippen molar-refractivity contribution >= 4 is 17.2 Å². The highest BCUT2D eigenvalue weighted by Gasteiger charge is 2.22. The van der Waals surface area contributed by atoms with E-state index in [9.17, 15) is 4.79 Å². The molecule has 0 N–H and O–H groups in total. The van der Waals surface area contributed by atoms with Crippen LogP contribution in [0.3, 0.4) is 0 Å². The maximum Gasteiger partial charge on any atom is 0.273 e. The Kier molecular flexibility index (Phi) is 3.14. The van der Waals surface area contributed by atoms with Crippen LogP contribution < -0.4 is 0 Å². The minimum Gasteiger partial charge on any atom is -0.337 e. The largest absolute Gasteiger partial charge is 0.337 e. The van der Waals surface area contributed by atoms with E-state index < -0.39 is 0 Å². The van der Waals surface area contributed by atoms with Gasteiger partial charge < -0.3 is 4.90 Å². The van der Waals surface area contributed by atoms with Crippen molar-refractivity contribution in [1.29, 1.82) is 0 Å². The van der Waals surface area contributed by atoms with Crippen LogP contribution in [0, 0.1) is 13.8 Å². The first-order valence-corrected chi connectivity index (χ1v) is 7.45. The van der Waals surface area contributed by atoms with Gasteiger partial charge in [-0.2, -0.15) is 0 Å². The summed E-state index contributed by atoms with van der Waals surface area (Å²) < 4.78 is 2.09. The molecule has 1 fully saturated rings. The Balaban J connectivity index is 1.89. The number of aryl methyl sites for hydroxylation is 2. The highest BCUT2D eigenvalue weighted by Crippen LogP contribution is 2.22. The lowest BCUT2D eigenvalue weighted by Crippen LogP contribution is -2.27. The lowest BCUT2D eigenvalue weighted by Gasteiger charge is -2.12. The molecule has 1 aliphatic rings. The smallest absolute Gasteiger partial charge is 0.273 e. The summed E-state index contributed by atoms with van der Waals surface area (Å²) in [7, 11) is 0. The number of rotatable bonds is 2. The first-order chi connectivity index (χ1) is 9.16. The lowest BCUT2D eigenvalue weighted by molar-refractivity contribution is 0.0788. The number of carbonyl (C=O) groups is 1. The first kappa shape index (κ1) is 12.4. The summed E-state index contributed by atoms with van der Waals surface area (Å²) in [5.41, 5.74) is 2.87. The van der Waals surface area contributed by atoms with E-state index in [-0.39, 0.29) is 5.91 Å². The Labute approximate surface area is 116 Å². The fraction of sp³-hybridized carbons (Fsp3) is 0.429. The molecule has 4 nitrogen and oxygen atoms in total. The van der Waals surface area contributed by atoms with Gasteiger partial charge in [0.2, 0.25) is 0 Å². The standard InChI is InChI=1S/C14H17N3OS/c1-10-5-6-11(2)17(10)14-15-12(9-19-14)13(18)16-7-3-4-8-16/h5-6,9H,3-4,7-8H2,1-2H3. The second-order valence-corrected chi connectivity index (χ2v) is 5.80. The quantitative estimate of drug-likeness (QED) is 0.845. The molecule has 100 valence electrons. The molecule has 0 spiro atoms. The molecule has 0 bridgehead atoms. The van der Waals surface area contributed by atoms with Crippen molar-refractivity contribution in [2.75, 3.05) is 13.1 Å². The molecule has 0 radical (unpaired) electrons. The number of aromatic nitrogens is 2. The third-order valence-electron chi connectivity index (χ3n) is 3.57. The fourth-order valence-corrected chi connectivity index (χ4v) is 3.43. The topological polar surface area (TPSA) is 38.1 Å². The monoisotopic (exact) mass is 275 g/mol. The minimum atomic E-state index is 0.0717. The van der Waals surface area contributed by atoms with Gasteiger partial charge in [-0.05, 0) is 38.8 Å². The second-order valence-electron chi connectivity index (χ2n) is 4.97. The SMILES string of the molecule is Cc1ccc(C)n1-c1nc(C(=O)N2CCCC2)cs1. The molecule has 0 atom stereocenters. The lowest BCUT2D eigenvalue weighted by atomic mass is 10.4. The van der Waals surface area contributed by atoms with Crippen molar-refractivity contribution in [2.24, 2.45) is 0 Å². The van der Waals surface area contributed by atoms with Crippen molar-refractivity contribution in [3.63, 3.8) is 0 Å². The van der Waals surface area contributed by atoms with Crippen molar-refractivity contribution in [3.8, 4) is 5.13 Å².